The van der Waals surface area contributed by atoms with Crippen molar-refractivity contribution in [3.05, 3.63) is 29.8 Å². The van der Waals surface area contributed by atoms with E-state index in [0.29, 0.717) is 6.54 Å². The number of anilines is 1. The quantitative estimate of drug-likeness (QED) is 0.786. The van der Waals surface area contributed by atoms with Gasteiger partial charge in [-0.3, -0.25) is 9.69 Å². The molecule has 0 spiro atoms. The first-order valence-electron chi connectivity index (χ1n) is 5.91. The minimum absolute atomic E-state index is 0.00884. The Balaban J connectivity index is 2.49. The summed E-state index contributed by atoms with van der Waals surface area (Å²) in [5.41, 5.74) is 1.60. The summed E-state index contributed by atoms with van der Waals surface area (Å²) in [6, 6.07) is 7.19. The van der Waals surface area contributed by atoms with Gasteiger partial charge < -0.3 is 10.4 Å². The van der Waals surface area contributed by atoms with E-state index in [0.717, 1.165) is 24.3 Å². The number of likely N-dealkylation sites (N-methyl/N-ethyl adjacent to an activating group) is 1. The van der Waals surface area contributed by atoms with Gasteiger partial charge in [-0.25, -0.2) is 0 Å². The van der Waals surface area contributed by atoms with Crippen molar-refractivity contribution >= 4 is 11.6 Å². The van der Waals surface area contributed by atoms with Crippen LogP contribution in [0.25, 0.3) is 0 Å². The van der Waals surface area contributed by atoms with Gasteiger partial charge in [-0.1, -0.05) is 26.0 Å². The fraction of sp³-hybridized carbons (Fsp3) is 0.462. The van der Waals surface area contributed by atoms with Crippen LogP contribution < -0.4 is 5.32 Å². The summed E-state index contributed by atoms with van der Waals surface area (Å²) < 4.78 is 0. The lowest BCUT2D eigenvalue weighted by Gasteiger charge is -2.17. The molecule has 0 unspecified atom stereocenters. The van der Waals surface area contributed by atoms with E-state index in [-0.39, 0.29) is 12.5 Å². The number of carbonyl (C=O) groups is 1. The van der Waals surface area contributed by atoms with Crippen molar-refractivity contribution in [3.8, 4) is 0 Å². The number of aliphatic hydroxyl groups is 1. The highest BCUT2D eigenvalue weighted by molar-refractivity contribution is 5.92. The molecule has 0 aliphatic carbocycles. The number of aliphatic hydroxyl groups excluding tert-OH is 1. The highest BCUT2D eigenvalue weighted by Gasteiger charge is 2.07. The van der Waals surface area contributed by atoms with Crippen molar-refractivity contribution in [1.82, 2.24) is 4.90 Å². The average Bonchev–Trinajstić information content (AvgIpc) is 2.37. The van der Waals surface area contributed by atoms with Gasteiger partial charge >= 0.3 is 0 Å². The van der Waals surface area contributed by atoms with Crippen LogP contribution >= 0.6 is 0 Å². The maximum atomic E-state index is 11.7. The molecule has 0 aromatic heterocycles. The monoisotopic (exact) mass is 236 g/mol. The van der Waals surface area contributed by atoms with E-state index in [1.165, 1.54) is 0 Å². The van der Waals surface area contributed by atoms with Crippen LogP contribution in [-0.4, -0.2) is 35.5 Å². The molecule has 0 saturated heterocycles. The Morgan fingerprint density at radius 2 is 1.82 bits per heavy atom. The Kier molecular flexibility index (Phi) is 5.66. The van der Waals surface area contributed by atoms with E-state index in [1.807, 2.05) is 13.8 Å². The normalized spacial score (nSPS) is 10.6. The molecule has 0 aliphatic rings. The third kappa shape index (κ3) is 4.54. The van der Waals surface area contributed by atoms with Gasteiger partial charge in [0.2, 0.25) is 5.91 Å². The molecule has 2 N–H and O–H groups in total. The molecule has 0 fully saturated rings. The number of hydrogen-bond acceptors (Lipinski definition) is 3. The van der Waals surface area contributed by atoms with Crippen LogP contribution in [0.2, 0.25) is 0 Å². The molecule has 17 heavy (non-hydrogen) atoms. The van der Waals surface area contributed by atoms with Crippen molar-refractivity contribution in [1.29, 1.82) is 0 Å². The molecule has 0 saturated carbocycles. The topological polar surface area (TPSA) is 52.6 Å². The molecule has 0 radical (unpaired) electrons. The lowest BCUT2D eigenvalue weighted by Crippen LogP contribution is -2.32. The third-order valence-corrected chi connectivity index (χ3v) is 2.68. The second-order valence-corrected chi connectivity index (χ2v) is 3.86. The Hall–Kier alpha value is -1.39. The number of nitrogens with one attached hydrogen (secondary N) is 1. The second kappa shape index (κ2) is 7.04. The van der Waals surface area contributed by atoms with Crippen molar-refractivity contribution < 1.29 is 9.90 Å². The van der Waals surface area contributed by atoms with Gasteiger partial charge in [-0.05, 0) is 30.8 Å². The molecule has 0 bridgehead atoms. The number of rotatable bonds is 6. The van der Waals surface area contributed by atoms with Gasteiger partial charge in [0.25, 0.3) is 0 Å². The number of carbonyl (C=O) groups excluding carboxylic acids is 1. The lowest BCUT2D eigenvalue weighted by atomic mass is 10.2. The summed E-state index contributed by atoms with van der Waals surface area (Å²) >= 11 is 0. The van der Waals surface area contributed by atoms with E-state index < -0.39 is 0 Å². The molecule has 4 heteroatoms. The van der Waals surface area contributed by atoms with E-state index >= 15 is 0 Å². The second-order valence-electron chi connectivity index (χ2n) is 3.86. The maximum absolute atomic E-state index is 11.7. The first-order chi connectivity index (χ1) is 8.19. The summed E-state index contributed by atoms with van der Waals surface area (Å²) in [6.45, 7) is 6.24. The Bertz CT molecular complexity index is 345. The molecule has 1 aromatic rings. The van der Waals surface area contributed by atoms with Crippen LogP contribution in [-0.2, 0) is 11.4 Å². The summed E-state index contributed by atoms with van der Waals surface area (Å²) in [5.74, 6) is -0.00884. The van der Waals surface area contributed by atoms with Crippen molar-refractivity contribution in [2.75, 3.05) is 25.0 Å². The van der Waals surface area contributed by atoms with Crippen LogP contribution in [0.1, 0.15) is 19.4 Å². The van der Waals surface area contributed by atoms with E-state index in [9.17, 15) is 4.79 Å². The van der Waals surface area contributed by atoms with Crippen LogP contribution in [0.5, 0.6) is 0 Å². The molecule has 1 rings (SSSR count). The Morgan fingerprint density at radius 3 is 2.29 bits per heavy atom. The van der Waals surface area contributed by atoms with E-state index in [4.69, 9.17) is 5.11 Å². The van der Waals surface area contributed by atoms with E-state index in [2.05, 4.69) is 10.2 Å². The highest BCUT2D eigenvalue weighted by Crippen LogP contribution is 2.09. The van der Waals surface area contributed by atoms with Crippen LogP contribution in [0, 0.1) is 0 Å². The summed E-state index contributed by atoms with van der Waals surface area (Å²) in [6.07, 6.45) is 0. The zero-order chi connectivity index (χ0) is 12.7. The average molecular weight is 236 g/mol. The number of amides is 1. The summed E-state index contributed by atoms with van der Waals surface area (Å²) in [4.78, 5) is 13.7. The first kappa shape index (κ1) is 13.7. The number of benzene rings is 1. The smallest absolute Gasteiger partial charge is 0.238 e. The summed E-state index contributed by atoms with van der Waals surface area (Å²) in [5, 5.41) is 11.7. The fourth-order valence-corrected chi connectivity index (χ4v) is 1.54. The predicted molar refractivity (Wildman–Crippen MR) is 68.8 cm³/mol. The molecule has 1 aromatic carbocycles. The molecular formula is C13H20N2O2. The lowest BCUT2D eigenvalue weighted by molar-refractivity contribution is -0.117. The first-order valence-corrected chi connectivity index (χ1v) is 5.91. The largest absolute Gasteiger partial charge is 0.392 e. The summed E-state index contributed by atoms with van der Waals surface area (Å²) in [7, 11) is 0. The maximum Gasteiger partial charge on any atom is 0.238 e. The highest BCUT2D eigenvalue weighted by atomic mass is 16.3. The van der Waals surface area contributed by atoms with Gasteiger partial charge in [-0.15, -0.1) is 0 Å². The minimum Gasteiger partial charge on any atom is -0.392 e. The van der Waals surface area contributed by atoms with Crippen LogP contribution in [0.3, 0.4) is 0 Å². The zero-order valence-corrected chi connectivity index (χ0v) is 10.4. The van der Waals surface area contributed by atoms with Gasteiger partial charge in [0, 0.05) is 5.69 Å². The van der Waals surface area contributed by atoms with Crippen molar-refractivity contribution in [2.45, 2.75) is 20.5 Å². The number of nitrogens with zero attached hydrogens (tertiary/aromatic N) is 1. The van der Waals surface area contributed by atoms with Gasteiger partial charge in [-0.2, -0.15) is 0 Å². The van der Waals surface area contributed by atoms with E-state index in [1.54, 1.807) is 24.3 Å². The molecule has 0 aliphatic heterocycles. The molecule has 0 atom stereocenters. The zero-order valence-electron chi connectivity index (χ0n) is 10.4. The van der Waals surface area contributed by atoms with Crippen LogP contribution in [0.15, 0.2) is 24.3 Å². The van der Waals surface area contributed by atoms with Crippen LogP contribution in [0.4, 0.5) is 5.69 Å². The Labute approximate surface area is 102 Å². The van der Waals surface area contributed by atoms with Gasteiger partial charge in [0.05, 0.1) is 13.2 Å². The molecule has 0 heterocycles. The fourth-order valence-electron chi connectivity index (χ4n) is 1.54. The molecular weight excluding hydrogens is 216 g/mol. The molecule has 4 nitrogen and oxygen atoms in total. The van der Waals surface area contributed by atoms with Crippen molar-refractivity contribution in [3.63, 3.8) is 0 Å². The van der Waals surface area contributed by atoms with Crippen molar-refractivity contribution in [2.24, 2.45) is 0 Å². The standard InChI is InChI=1S/C13H20N2O2/c1-3-15(4-2)9-13(17)14-12-7-5-11(10-16)6-8-12/h5-8,16H,3-4,9-10H2,1-2H3,(H,14,17). The SMILES string of the molecule is CCN(CC)CC(=O)Nc1ccc(CO)cc1. The third-order valence-electron chi connectivity index (χ3n) is 2.68. The predicted octanol–water partition coefficient (Wildman–Crippen LogP) is 1.46. The Morgan fingerprint density at radius 1 is 1.24 bits per heavy atom. The minimum atomic E-state index is -0.00884. The van der Waals surface area contributed by atoms with Gasteiger partial charge in [0.1, 0.15) is 0 Å². The number of hydrogen-bond donors (Lipinski definition) is 2. The van der Waals surface area contributed by atoms with Gasteiger partial charge in [0.15, 0.2) is 0 Å². The molecule has 94 valence electrons. The molecule has 1 amide bonds.